The van der Waals surface area contributed by atoms with Crippen molar-refractivity contribution in [2.75, 3.05) is 6.54 Å². The molecule has 0 bridgehead atoms. The molecule has 0 spiro atoms. The van der Waals surface area contributed by atoms with Gasteiger partial charge in [-0.05, 0) is 37.7 Å². The van der Waals surface area contributed by atoms with Crippen molar-refractivity contribution >= 4 is 11.9 Å². The second kappa shape index (κ2) is 4.62. The maximum absolute atomic E-state index is 12.6. The number of carboxylic acids is 1. The van der Waals surface area contributed by atoms with Crippen LogP contribution >= 0.6 is 0 Å². The van der Waals surface area contributed by atoms with Crippen LogP contribution < -0.4 is 0 Å². The van der Waals surface area contributed by atoms with E-state index < -0.39 is 11.5 Å². The monoisotopic (exact) mass is 273 g/mol. The molecule has 1 saturated carbocycles. The molecule has 0 radical (unpaired) electrons. The van der Waals surface area contributed by atoms with Gasteiger partial charge < -0.3 is 10.0 Å². The first kappa shape index (κ1) is 13.2. The van der Waals surface area contributed by atoms with Gasteiger partial charge in [0, 0.05) is 12.5 Å². The number of nitrogens with zero attached hydrogens (tertiary/aromatic N) is 1. The third-order valence-corrected chi connectivity index (χ3v) is 4.70. The fourth-order valence-electron chi connectivity index (χ4n) is 3.28. The summed E-state index contributed by atoms with van der Waals surface area (Å²) in [7, 11) is 0. The Morgan fingerprint density at radius 3 is 2.65 bits per heavy atom. The molecule has 1 aromatic carbocycles. The average molecular weight is 273 g/mol. The molecule has 106 valence electrons. The zero-order valence-corrected chi connectivity index (χ0v) is 11.6. The molecular formula is C16H19NO3. The second-order valence-corrected chi connectivity index (χ2v) is 6.03. The molecule has 4 heteroatoms. The SMILES string of the molecule is CC1(C(=O)O)CCCN1C(=O)C1CC1c1ccccc1. The normalized spacial score (nSPS) is 32.1. The first-order valence-electron chi connectivity index (χ1n) is 7.14. The Balaban J connectivity index is 1.74. The maximum atomic E-state index is 12.6. The van der Waals surface area contributed by atoms with E-state index in [4.69, 9.17) is 0 Å². The number of carboxylic acid groups (broad SMARTS) is 1. The fourth-order valence-corrected chi connectivity index (χ4v) is 3.28. The largest absolute Gasteiger partial charge is 0.480 e. The molecule has 1 amide bonds. The topological polar surface area (TPSA) is 57.6 Å². The third kappa shape index (κ3) is 1.99. The van der Waals surface area contributed by atoms with Crippen molar-refractivity contribution in [1.29, 1.82) is 0 Å². The summed E-state index contributed by atoms with van der Waals surface area (Å²) in [4.78, 5) is 25.6. The molecule has 1 aliphatic heterocycles. The number of likely N-dealkylation sites (tertiary alicyclic amines) is 1. The van der Waals surface area contributed by atoms with Gasteiger partial charge >= 0.3 is 5.97 Å². The highest BCUT2D eigenvalue weighted by atomic mass is 16.4. The molecule has 3 atom stereocenters. The van der Waals surface area contributed by atoms with Crippen LogP contribution in [0.4, 0.5) is 0 Å². The van der Waals surface area contributed by atoms with Crippen molar-refractivity contribution in [3.05, 3.63) is 35.9 Å². The molecule has 3 rings (SSSR count). The summed E-state index contributed by atoms with van der Waals surface area (Å²) in [5.41, 5.74) is 0.169. The lowest BCUT2D eigenvalue weighted by Gasteiger charge is -2.31. The van der Waals surface area contributed by atoms with E-state index in [1.165, 1.54) is 5.56 Å². The van der Waals surface area contributed by atoms with Gasteiger partial charge in [-0.1, -0.05) is 30.3 Å². The summed E-state index contributed by atoms with van der Waals surface area (Å²) >= 11 is 0. The molecule has 1 aromatic rings. The zero-order valence-electron chi connectivity index (χ0n) is 11.6. The number of amides is 1. The van der Waals surface area contributed by atoms with Crippen LogP contribution in [-0.4, -0.2) is 34.0 Å². The van der Waals surface area contributed by atoms with E-state index in [2.05, 4.69) is 0 Å². The minimum Gasteiger partial charge on any atom is -0.480 e. The van der Waals surface area contributed by atoms with Gasteiger partial charge in [0.15, 0.2) is 0 Å². The Morgan fingerprint density at radius 2 is 2.00 bits per heavy atom. The van der Waals surface area contributed by atoms with E-state index in [0.717, 1.165) is 12.8 Å². The van der Waals surface area contributed by atoms with Crippen LogP contribution in [0.2, 0.25) is 0 Å². The highest BCUT2D eigenvalue weighted by Crippen LogP contribution is 2.49. The molecule has 1 saturated heterocycles. The summed E-state index contributed by atoms with van der Waals surface area (Å²) in [6.07, 6.45) is 2.17. The standard InChI is InChI=1S/C16H19NO3/c1-16(15(19)20)8-5-9-17(16)14(18)13-10-12(13)11-6-3-2-4-7-11/h2-4,6-7,12-13H,5,8-10H2,1H3,(H,19,20). The Morgan fingerprint density at radius 1 is 1.30 bits per heavy atom. The highest BCUT2D eigenvalue weighted by molar-refractivity contribution is 5.90. The van der Waals surface area contributed by atoms with Gasteiger partial charge in [-0.2, -0.15) is 0 Å². The van der Waals surface area contributed by atoms with Gasteiger partial charge in [-0.15, -0.1) is 0 Å². The highest BCUT2D eigenvalue weighted by Gasteiger charge is 2.52. The van der Waals surface area contributed by atoms with Gasteiger partial charge in [-0.25, -0.2) is 4.79 Å². The first-order chi connectivity index (χ1) is 9.54. The molecule has 2 fully saturated rings. The third-order valence-electron chi connectivity index (χ3n) is 4.70. The first-order valence-corrected chi connectivity index (χ1v) is 7.14. The molecule has 3 unspecified atom stereocenters. The Kier molecular flexibility index (Phi) is 3.04. The van der Waals surface area contributed by atoms with Gasteiger partial charge in [0.2, 0.25) is 5.91 Å². The number of hydrogen-bond donors (Lipinski definition) is 1. The maximum Gasteiger partial charge on any atom is 0.329 e. The number of rotatable bonds is 3. The number of carbonyl (C=O) groups is 2. The van der Waals surface area contributed by atoms with Crippen LogP contribution in [0.15, 0.2) is 30.3 Å². The van der Waals surface area contributed by atoms with E-state index >= 15 is 0 Å². The molecule has 20 heavy (non-hydrogen) atoms. The lowest BCUT2D eigenvalue weighted by Crippen LogP contribution is -2.51. The Bertz CT molecular complexity index is 542. The van der Waals surface area contributed by atoms with Crippen molar-refractivity contribution in [3.8, 4) is 0 Å². The molecule has 2 aliphatic rings. The van der Waals surface area contributed by atoms with Crippen LogP contribution in [0.5, 0.6) is 0 Å². The van der Waals surface area contributed by atoms with E-state index in [9.17, 15) is 14.7 Å². The number of hydrogen-bond acceptors (Lipinski definition) is 2. The van der Waals surface area contributed by atoms with E-state index in [0.29, 0.717) is 13.0 Å². The van der Waals surface area contributed by atoms with Gasteiger partial charge in [0.1, 0.15) is 5.54 Å². The predicted octanol–water partition coefficient (Wildman–Crippen LogP) is 2.26. The van der Waals surface area contributed by atoms with Crippen LogP contribution in [0.3, 0.4) is 0 Å². The summed E-state index contributed by atoms with van der Waals surface area (Å²) < 4.78 is 0. The summed E-state index contributed by atoms with van der Waals surface area (Å²) in [6, 6.07) is 10.0. The molecule has 0 aromatic heterocycles. The Hall–Kier alpha value is -1.84. The number of aliphatic carboxylic acids is 1. The van der Waals surface area contributed by atoms with Crippen molar-refractivity contribution in [2.24, 2.45) is 5.92 Å². The van der Waals surface area contributed by atoms with E-state index in [1.807, 2.05) is 30.3 Å². The van der Waals surface area contributed by atoms with Gasteiger partial charge in [0.25, 0.3) is 0 Å². The van der Waals surface area contributed by atoms with Crippen molar-refractivity contribution < 1.29 is 14.7 Å². The van der Waals surface area contributed by atoms with Crippen LogP contribution in [-0.2, 0) is 9.59 Å². The van der Waals surface area contributed by atoms with Crippen LogP contribution in [0.25, 0.3) is 0 Å². The molecule has 1 N–H and O–H groups in total. The Labute approximate surface area is 118 Å². The lowest BCUT2D eigenvalue weighted by molar-refractivity contribution is -0.155. The second-order valence-electron chi connectivity index (χ2n) is 6.03. The number of benzene rings is 1. The lowest BCUT2D eigenvalue weighted by atomic mass is 9.98. The summed E-state index contributed by atoms with van der Waals surface area (Å²) in [5.74, 6) is -0.641. The molecule has 4 nitrogen and oxygen atoms in total. The van der Waals surface area contributed by atoms with E-state index in [1.54, 1.807) is 11.8 Å². The predicted molar refractivity (Wildman–Crippen MR) is 74.3 cm³/mol. The van der Waals surface area contributed by atoms with Crippen molar-refractivity contribution in [2.45, 2.75) is 37.6 Å². The molecule has 1 aliphatic carbocycles. The summed E-state index contributed by atoms with van der Waals surface area (Å²) in [6.45, 7) is 2.24. The summed E-state index contributed by atoms with van der Waals surface area (Å²) in [5, 5.41) is 9.38. The molecule has 1 heterocycles. The van der Waals surface area contributed by atoms with E-state index in [-0.39, 0.29) is 17.7 Å². The minimum absolute atomic E-state index is 0.0150. The number of carbonyl (C=O) groups excluding carboxylic acids is 1. The quantitative estimate of drug-likeness (QED) is 0.919. The van der Waals surface area contributed by atoms with Crippen LogP contribution in [0.1, 0.15) is 37.7 Å². The molecular weight excluding hydrogens is 254 g/mol. The average Bonchev–Trinajstić information content (AvgIpc) is 3.15. The van der Waals surface area contributed by atoms with Crippen LogP contribution in [0, 0.1) is 5.92 Å². The minimum atomic E-state index is -1.01. The van der Waals surface area contributed by atoms with Gasteiger partial charge in [0.05, 0.1) is 0 Å². The van der Waals surface area contributed by atoms with Crippen molar-refractivity contribution in [1.82, 2.24) is 4.90 Å². The van der Waals surface area contributed by atoms with Crippen molar-refractivity contribution in [3.63, 3.8) is 0 Å². The smallest absolute Gasteiger partial charge is 0.329 e. The van der Waals surface area contributed by atoms with Gasteiger partial charge in [-0.3, -0.25) is 4.79 Å². The fraction of sp³-hybridized carbons (Fsp3) is 0.500. The zero-order chi connectivity index (χ0) is 14.3.